The Kier molecular flexibility index (Phi) is 6.72. The fraction of sp³-hybridized carbons (Fsp3) is 0.571. The number of methoxy groups -OCH3 is 2. The Balaban J connectivity index is 2.73. The summed E-state index contributed by atoms with van der Waals surface area (Å²) in [6, 6.07) is 7.81. The Morgan fingerprint density at radius 3 is 2.28 bits per heavy atom. The SMILES string of the molecule is CCC(N)C(OCCOC)c1ccc(OC)cc1. The summed E-state index contributed by atoms with van der Waals surface area (Å²) < 4.78 is 15.9. The molecule has 0 fully saturated rings. The average molecular weight is 253 g/mol. The van der Waals surface area contributed by atoms with E-state index >= 15 is 0 Å². The van der Waals surface area contributed by atoms with Crippen LogP contribution in [0.4, 0.5) is 0 Å². The smallest absolute Gasteiger partial charge is 0.118 e. The molecule has 18 heavy (non-hydrogen) atoms. The largest absolute Gasteiger partial charge is 0.497 e. The monoisotopic (exact) mass is 253 g/mol. The third-order valence-corrected chi connectivity index (χ3v) is 2.89. The topological polar surface area (TPSA) is 53.7 Å². The predicted molar refractivity (Wildman–Crippen MR) is 71.8 cm³/mol. The van der Waals surface area contributed by atoms with Crippen LogP contribution in [0.1, 0.15) is 25.0 Å². The van der Waals surface area contributed by atoms with Crippen LogP contribution in [0.25, 0.3) is 0 Å². The maximum Gasteiger partial charge on any atom is 0.118 e. The van der Waals surface area contributed by atoms with Gasteiger partial charge in [-0.1, -0.05) is 19.1 Å². The van der Waals surface area contributed by atoms with Gasteiger partial charge in [-0.3, -0.25) is 0 Å². The second kappa shape index (κ2) is 8.08. The molecule has 102 valence electrons. The Labute approximate surface area is 109 Å². The summed E-state index contributed by atoms with van der Waals surface area (Å²) in [5.74, 6) is 0.833. The van der Waals surface area contributed by atoms with Gasteiger partial charge in [0.05, 0.1) is 26.4 Å². The lowest BCUT2D eigenvalue weighted by Gasteiger charge is -2.24. The molecule has 4 heteroatoms. The molecule has 0 saturated carbocycles. The summed E-state index contributed by atoms with van der Waals surface area (Å²) in [6.07, 6.45) is 0.764. The van der Waals surface area contributed by atoms with Gasteiger partial charge < -0.3 is 19.9 Å². The zero-order valence-electron chi connectivity index (χ0n) is 11.4. The first-order valence-corrected chi connectivity index (χ1v) is 6.23. The van der Waals surface area contributed by atoms with Crippen molar-refractivity contribution in [3.8, 4) is 5.75 Å². The van der Waals surface area contributed by atoms with Gasteiger partial charge in [0.1, 0.15) is 5.75 Å². The fourth-order valence-electron chi connectivity index (χ4n) is 1.73. The van der Waals surface area contributed by atoms with Crippen molar-refractivity contribution in [3.63, 3.8) is 0 Å². The first-order valence-electron chi connectivity index (χ1n) is 6.23. The second-order valence-electron chi connectivity index (χ2n) is 4.13. The molecule has 1 rings (SSSR count). The van der Waals surface area contributed by atoms with Crippen molar-refractivity contribution < 1.29 is 14.2 Å². The van der Waals surface area contributed by atoms with E-state index in [2.05, 4.69) is 6.92 Å². The van der Waals surface area contributed by atoms with Crippen molar-refractivity contribution in [3.05, 3.63) is 29.8 Å². The summed E-state index contributed by atoms with van der Waals surface area (Å²) in [5.41, 5.74) is 7.18. The van der Waals surface area contributed by atoms with E-state index in [1.807, 2.05) is 24.3 Å². The minimum absolute atomic E-state index is 0.0183. The molecule has 0 aromatic heterocycles. The molecule has 0 amide bonds. The van der Waals surface area contributed by atoms with Gasteiger partial charge in [0.2, 0.25) is 0 Å². The van der Waals surface area contributed by atoms with Crippen molar-refractivity contribution >= 4 is 0 Å². The summed E-state index contributed by atoms with van der Waals surface area (Å²) in [4.78, 5) is 0. The van der Waals surface area contributed by atoms with Gasteiger partial charge in [-0.2, -0.15) is 0 Å². The number of hydrogen-bond acceptors (Lipinski definition) is 4. The summed E-state index contributed by atoms with van der Waals surface area (Å²) in [6.45, 7) is 3.17. The van der Waals surface area contributed by atoms with Crippen LogP contribution in [-0.2, 0) is 9.47 Å². The Hall–Kier alpha value is -1.10. The van der Waals surface area contributed by atoms with Gasteiger partial charge in [0.25, 0.3) is 0 Å². The van der Waals surface area contributed by atoms with Crippen molar-refractivity contribution in [2.24, 2.45) is 5.73 Å². The van der Waals surface area contributed by atoms with E-state index in [4.69, 9.17) is 19.9 Å². The highest BCUT2D eigenvalue weighted by atomic mass is 16.5. The maximum atomic E-state index is 6.10. The van der Waals surface area contributed by atoms with E-state index in [1.165, 1.54) is 0 Å². The van der Waals surface area contributed by atoms with Gasteiger partial charge in [-0.25, -0.2) is 0 Å². The van der Waals surface area contributed by atoms with Crippen LogP contribution in [0.15, 0.2) is 24.3 Å². The van der Waals surface area contributed by atoms with E-state index in [-0.39, 0.29) is 12.1 Å². The van der Waals surface area contributed by atoms with Gasteiger partial charge in [-0.05, 0) is 24.1 Å². The van der Waals surface area contributed by atoms with E-state index < -0.39 is 0 Å². The van der Waals surface area contributed by atoms with Crippen molar-refractivity contribution in [1.82, 2.24) is 0 Å². The van der Waals surface area contributed by atoms with Gasteiger partial charge in [0.15, 0.2) is 0 Å². The van der Waals surface area contributed by atoms with E-state index in [0.29, 0.717) is 13.2 Å². The van der Waals surface area contributed by atoms with Crippen LogP contribution >= 0.6 is 0 Å². The normalized spacial score (nSPS) is 14.2. The van der Waals surface area contributed by atoms with Crippen LogP contribution in [0.5, 0.6) is 5.75 Å². The molecule has 1 aromatic carbocycles. The average Bonchev–Trinajstić information content (AvgIpc) is 2.43. The summed E-state index contributed by atoms with van der Waals surface area (Å²) in [5, 5.41) is 0. The minimum atomic E-state index is -0.101. The first-order chi connectivity index (χ1) is 8.72. The summed E-state index contributed by atoms with van der Waals surface area (Å²) in [7, 11) is 3.31. The van der Waals surface area contributed by atoms with Crippen molar-refractivity contribution in [2.45, 2.75) is 25.5 Å². The lowest BCUT2D eigenvalue weighted by molar-refractivity contribution is 0.00271. The molecule has 4 nitrogen and oxygen atoms in total. The second-order valence-corrected chi connectivity index (χ2v) is 4.13. The van der Waals surface area contributed by atoms with Crippen LogP contribution in [0.2, 0.25) is 0 Å². The molecule has 0 bridgehead atoms. The molecular weight excluding hydrogens is 230 g/mol. The Bertz CT molecular complexity index is 326. The lowest BCUT2D eigenvalue weighted by Crippen LogP contribution is -2.30. The van der Waals surface area contributed by atoms with Crippen LogP contribution in [0.3, 0.4) is 0 Å². The van der Waals surface area contributed by atoms with E-state index in [0.717, 1.165) is 17.7 Å². The molecule has 2 atom stereocenters. The molecule has 2 N–H and O–H groups in total. The Morgan fingerprint density at radius 2 is 1.78 bits per heavy atom. The molecule has 0 aliphatic rings. The highest BCUT2D eigenvalue weighted by Crippen LogP contribution is 2.24. The first kappa shape index (κ1) is 15.0. The van der Waals surface area contributed by atoms with Crippen molar-refractivity contribution in [1.29, 1.82) is 0 Å². The molecule has 0 aliphatic carbocycles. The number of ether oxygens (including phenoxy) is 3. The molecule has 1 aromatic rings. The molecular formula is C14H23NO3. The maximum absolute atomic E-state index is 6.10. The van der Waals surface area contributed by atoms with Crippen LogP contribution < -0.4 is 10.5 Å². The third-order valence-electron chi connectivity index (χ3n) is 2.89. The molecule has 0 saturated heterocycles. The highest BCUT2D eigenvalue weighted by molar-refractivity contribution is 5.29. The third kappa shape index (κ3) is 4.29. The summed E-state index contributed by atoms with van der Waals surface area (Å²) >= 11 is 0. The number of benzene rings is 1. The molecule has 0 spiro atoms. The molecule has 0 aliphatic heterocycles. The zero-order chi connectivity index (χ0) is 13.4. The van der Waals surface area contributed by atoms with Gasteiger partial charge in [-0.15, -0.1) is 0 Å². The van der Waals surface area contributed by atoms with Gasteiger partial charge >= 0.3 is 0 Å². The van der Waals surface area contributed by atoms with E-state index in [1.54, 1.807) is 14.2 Å². The van der Waals surface area contributed by atoms with Crippen LogP contribution in [0, 0.1) is 0 Å². The molecule has 2 unspecified atom stereocenters. The standard InChI is InChI=1S/C14H23NO3/c1-4-13(15)14(18-10-9-16-2)11-5-7-12(17-3)8-6-11/h5-8,13-14H,4,9-10,15H2,1-3H3. The zero-order valence-corrected chi connectivity index (χ0v) is 11.4. The van der Waals surface area contributed by atoms with Crippen molar-refractivity contribution in [2.75, 3.05) is 27.4 Å². The number of hydrogen-bond donors (Lipinski definition) is 1. The number of nitrogens with two attached hydrogens (primary N) is 1. The Morgan fingerprint density at radius 1 is 1.11 bits per heavy atom. The minimum Gasteiger partial charge on any atom is -0.497 e. The van der Waals surface area contributed by atoms with E-state index in [9.17, 15) is 0 Å². The lowest BCUT2D eigenvalue weighted by atomic mass is 10.0. The number of rotatable bonds is 8. The molecule has 0 radical (unpaired) electrons. The predicted octanol–water partition coefficient (Wildman–Crippen LogP) is 2.14. The molecule has 0 heterocycles. The highest BCUT2D eigenvalue weighted by Gasteiger charge is 2.19. The van der Waals surface area contributed by atoms with Gasteiger partial charge in [0, 0.05) is 13.2 Å². The quantitative estimate of drug-likeness (QED) is 0.721. The fourth-order valence-corrected chi connectivity index (χ4v) is 1.73. The van der Waals surface area contributed by atoms with Crippen LogP contribution in [-0.4, -0.2) is 33.5 Å².